The topological polar surface area (TPSA) is 87.2 Å². The Morgan fingerprint density at radius 3 is 2.46 bits per heavy atom. The molecule has 0 saturated heterocycles. The van der Waals surface area contributed by atoms with E-state index in [1.165, 1.54) is 18.4 Å². The lowest BCUT2D eigenvalue weighted by Gasteiger charge is -2.37. The van der Waals surface area contributed by atoms with Crippen molar-refractivity contribution in [3.63, 3.8) is 0 Å². The Morgan fingerprint density at radius 1 is 1.09 bits per heavy atom. The summed E-state index contributed by atoms with van der Waals surface area (Å²) in [6.07, 6.45) is 0.648. The summed E-state index contributed by atoms with van der Waals surface area (Å²) in [6.45, 7) is 2.98. The molecule has 0 spiro atoms. The van der Waals surface area contributed by atoms with E-state index < -0.39 is 12.0 Å². The van der Waals surface area contributed by atoms with Gasteiger partial charge in [0, 0.05) is 17.5 Å². The van der Waals surface area contributed by atoms with E-state index in [9.17, 15) is 9.59 Å². The molecule has 0 saturated carbocycles. The van der Waals surface area contributed by atoms with Crippen LogP contribution >= 0.6 is 11.3 Å². The van der Waals surface area contributed by atoms with Gasteiger partial charge in [-0.25, -0.2) is 4.98 Å². The number of hydrogen-bond acceptors (Lipinski definition) is 8. The second-order valence-electron chi connectivity index (χ2n) is 7.95. The zero-order valence-electron chi connectivity index (χ0n) is 20.2. The van der Waals surface area contributed by atoms with E-state index in [1.54, 1.807) is 24.5 Å². The number of rotatable bonds is 8. The normalized spacial score (nSPS) is 14.7. The predicted molar refractivity (Wildman–Crippen MR) is 132 cm³/mol. The molecular weight excluding hydrogens is 468 g/mol. The molecule has 2 aromatic carbocycles. The van der Waals surface area contributed by atoms with Crippen molar-refractivity contribution in [2.75, 3.05) is 34.5 Å². The number of benzene rings is 2. The predicted octanol–water partition coefficient (Wildman–Crippen LogP) is 4.53. The van der Waals surface area contributed by atoms with Crippen LogP contribution in [0.25, 0.3) is 10.6 Å². The summed E-state index contributed by atoms with van der Waals surface area (Å²) in [7, 11) is 4.48. The van der Waals surface area contributed by atoms with Crippen LogP contribution in [-0.2, 0) is 16.0 Å². The molecule has 1 aliphatic rings. The van der Waals surface area contributed by atoms with Gasteiger partial charge in [0.25, 0.3) is 5.91 Å². The molecule has 0 N–H and O–H groups in total. The van der Waals surface area contributed by atoms with Crippen molar-refractivity contribution >= 4 is 23.2 Å². The second-order valence-corrected chi connectivity index (χ2v) is 8.80. The third kappa shape index (κ3) is 5.09. The summed E-state index contributed by atoms with van der Waals surface area (Å²) in [5.74, 6) is 1.31. The summed E-state index contributed by atoms with van der Waals surface area (Å²) in [6, 6.07) is 10.9. The first-order valence-electron chi connectivity index (χ1n) is 11.3. The lowest BCUT2D eigenvalue weighted by molar-refractivity contribution is -0.141. The van der Waals surface area contributed by atoms with Crippen molar-refractivity contribution in [2.45, 2.75) is 25.8 Å². The van der Waals surface area contributed by atoms with Crippen LogP contribution < -0.4 is 14.2 Å². The maximum atomic E-state index is 13.6. The third-order valence-electron chi connectivity index (χ3n) is 5.99. The molecule has 0 bridgehead atoms. The van der Waals surface area contributed by atoms with Gasteiger partial charge < -0.3 is 23.8 Å². The minimum atomic E-state index is -0.505. The lowest BCUT2D eigenvalue weighted by atomic mass is 9.89. The molecule has 4 rings (SSSR count). The molecule has 1 aromatic heterocycles. The minimum absolute atomic E-state index is 0.0284. The molecule has 1 amide bonds. The Kier molecular flexibility index (Phi) is 7.55. The first kappa shape index (κ1) is 24.5. The number of fused-ring (bicyclic) bond motifs is 1. The standard InChI is InChI=1S/C26H28N2O6S/c1-5-34-18-8-6-16(7-9-18)25-27-20(15-35-25)26(30)28-11-10-17-12-22(31-2)23(32-3)13-19(17)21(28)14-24(29)33-4/h6-9,12-13,15,21H,5,10-11,14H2,1-4H3. The molecule has 0 radical (unpaired) electrons. The van der Waals surface area contributed by atoms with Crippen molar-refractivity contribution in [1.29, 1.82) is 0 Å². The van der Waals surface area contributed by atoms with E-state index in [4.69, 9.17) is 18.9 Å². The SMILES string of the molecule is CCOc1ccc(-c2nc(C(=O)N3CCc4cc(OC)c(OC)cc4C3CC(=O)OC)cs2)cc1. The Hall–Kier alpha value is -3.59. The summed E-state index contributed by atoms with van der Waals surface area (Å²) in [5.41, 5.74) is 3.10. The molecule has 1 aliphatic heterocycles. The summed E-state index contributed by atoms with van der Waals surface area (Å²) in [4.78, 5) is 32.2. The highest BCUT2D eigenvalue weighted by Crippen LogP contribution is 2.40. The highest BCUT2D eigenvalue weighted by molar-refractivity contribution is 7.13. The van der Waals surface area contributed by atoms with Gasteiger partial charge in [0.1, 0.15) is 16.5 Å². The average molecular weight is 497 g/mol. The molecule has 184 valence electrons. The third-order valence-corrected chi connectivity index (χ3v) is 6.88. The van der Waals surface area contributed by atoms with Gasteiger partial charge in [0.05, 0.1) is 40.4 Å². The summed E-state index contributed by atoms with van der Waals surface area (Å²) < 4.78 is 21.3. The Labute approximate surface area is 208 Å². The van der Waals surface area contributed by atoms with Crippen molar-refractivity contribution in [3.05, 3.63) is 58.6 Å². The monoisotopic (exact) mass is 496 g/mol. The zero-order valence-corrected chi connectivity index (χ0v) is 21.0. The van der Waals surface area contributed by atoms with E-state index in [-0.39, 0.29) is 12.3 Å². The van der Waals surface area contributed by atoms with Crippen LogP contribution in [0.3, 0.4) is 0 Å². The number of ether oxygens (including phenoxy) is 4. The van der Waals surface area contributed by atoms with E-state index in [2.05, 4.69) is 4.98 Å². The van der Waals surface area contributed by atoms with E-state index >= 15 is 0 Å². The van der Waals surface area contributed by atoms with E-state index in [0.717, 1.165) is 27.4 Å². The van der Waals surface area contributed by atoms with Crippen molar-refractivity contribution in [2.24, 2.45) is 0 Å². The fourth-order valence-corrected chi connectivity index (χ4v) is 5.04. The first-order chi connectivity index (χ1) is 17.0. The van der Waals surface area contributed by atoms with Gasteiger partial charge in [-0.05, 0) is 60.9 Å². The number of amides is 1. The first-order valence-corrected chi connectivity index (χ1v) is 12.2. The highest BCUT2D eigenvalue weighted by Gasteiger charge is 2.35. The smallest absolute Gasteiger partial charge is 0.307 e. The van der Waals surface area contributed by atoms with Gasteiger partial charge in [0.2, 0.25) is 0 Å². The molecule has 8 nitrogen and oxygen atoms in total. The quantitative estimate of drug-likeness (QED) is 0.424. The van der Waals surface area contributed by atoms with Gasteiger partial charge in [-0.1, -0.05) is 0 Å². The molecular formula is C26H28N2O6S. The molecule has 0 aliphatic carbocycles. The van der Waals surface area contributed by atoms with Crippen LogP contribution in [0.1, 0.15) is 41.0 Å². The second kappa shape index (κ2) is 10.8. The number of nitrogens with zero attached hydrogens (tertiary/aromatic N) is 2. The number of carbonyl (C=O) groups excluding carboxylic acids is 2. The minimum Gasteiger partial charge on any atom is -0.494 e. The van der Waals surface area contributed by atoms with Crippen molar-refractivity contribution < 1.29 is 28.5 Å². The van der Waals surface area contributed by atoms with Crippen LogP contribution in [0, 0.1) is 0 Å². The van der Waals surface area contributed by atoms with Crippen LogP contribution in [0.2, 0.25) is 0 Å². The largest absolute Gasteiger partial charge is 0.494 e. The number of thiazole rings is 1. The summed E-state index contributed by atoms with van der Waals surface area (Å²) >= 11 is 1.40. The molecule has 3 aromatic rings. The fourth-order valence-electron chi connectivity index (χ4n) is 4.24. The summed E-state index contributed by atoms with van der Waals surface area (Å²) in [5, 5.41) is 2.50. The van der Waals surface area contributed by atoms with Gasteiger partial charge in [-0.2, -0.15) is 0 Å². The van der Waals surface area contributed by atoms with Gasteiger partial charge in [-0.3, -0.25) is 9.59 Å². The van der Waals surface area contributed by atoms with Crippen LogP contribution in [-0.4, -0.2) is 56.2 Å². The number of carbonyl (C=O) groups is 2. The molecule has 1 atom stereocenters. The van der Waals surface area contributed by atoms with Gasteiger partial charge in [-0.15, -0.1) is 11.3 Å². The molecule has 35 heavy (non-hydrogen) atoms. The van der Waals surface area contributed by atoms with Gasteiger partial charge >= 0.3 is 5.97 Å². The Morgan fingerprint density at radius 2 is 1.80 bits per heavy atom. The molecule has 1 unspecified atom stereocenters. The van der Waals surface area contributed by atoms with Crippen LogP contribution in [0.15, 0.2) is 41.8 Å². The Balaban J connectivity index is 1.64. The Bertz CT molecular complexity index is 1210. The maximum absolute atomic E-state index is 13.6. The van der Waals surface area contributed by atoms with Gasteiger partial charge in [0.15, 0.2) is 11.5 Å². The zero-order chi connectivity index (χ0) is 24.9. The lowest BCUT2D eigenvalue weighted by Crippen LogP contribution is -2.41. The van der Waals surface area contributed by atoms with Crippen LogP contribution in [0.4, 0.5) is 0 Å². The van der Waals surface area contributed by atoms with E-state index in [1.807, 2.05) is 43.3 Å². The molecule has 9 heteroatoms. The molecule has 0 fully saturated rings. The highest BCUT2D eigenvalue weighted by atomic mass is 32.1. The average Bonchev–Trinajstić information content (AvgIpc) is 3.38. The molecule has 2 heterocycles. The fraction of sp³-hybridized carbons (Fsp3) is 0.346. The van der Waals surface area contributed by atoms with Crippen molar-refractivity contribution in [1.82, 2.24) is 9.88 Å². The number of esters is 1. The number of methoxy groups -OCH3 is 3. The van der Waals surface area contributed by atoms with Crippen LogP contribution in [0.5, 0.6) is 17.2 Å². The number of aromatic nitrogens is 1. The maximum Gasteiger partial charge on any atom is 0.307 e. The number of hydrogen-bond donors (Lipinski definition) is 0. The van der Waals surface area contributed by atoms with Crippen molar-refractivity contribution in [3.8, 4) is 27.8 Å². The van der Waals surface area contributed by atoms with E-state index in [0.29, 0.717) is 36.8 Å².